The van der Waals surface area contributed by atoms with Crippen LogP contribution in [0.1, 0.15) is 80.1 Å². The first-order chi connectivity index (χ1) is 16.6. The first-order valence-electron chi connectivity index (χ1n) is 12.9. The van der Waals surface area contributed by atoms with E-state index in [4.69, 9.17) is 18.9 Å². The quantitative estimate of drug-likeness (QED) is 0.187. The highest BCUT2D eigenvalue weighted by Gasteiger charge is 2.32. The van der Waals surface area contributed by atoms with E-state index in [1.54, 1.807) is 41.3 Å². The van der Waals surface area contributed by atoms with Crippen LogP contribution in [0, 0.1) is 17.8 Å². The summed E-state index contributed by atoms with van der Waals surface area (Å²) in [6.07, 6.45) is 7.02. The number of carbonyl (C=O) groups excluding carboxylic acids is 3. The van der Waals surface area contributed by atoms with Gasteiger partial charge in [0.2, 0.25) is 6.41 Å². The second-order valence-electron chi connectivity index (χ2n) is 9.35. The van der Waals surface area contributed by atoms with E-state index in [0.29, 0.717) is 25.7 Å². The van der Waals surface area contributed by atoms with E-state index in [1.807, 2.05) is 26.8 Å². The van der Waals surface area contributed by atoms with E-state index < -0.39 is 0 Å². The largest absolute Gasteiger partial charge is 0.462 e. The molecular formula is C27H49NO7. The van der Waals surface area contributed by atoms with Crippen LogP contribution in [0.3, 0.4) is 0 Å². The first-order valence-corrected chi connectivity index (χ1v) is 12.9. The van der Waals surface area contributed by atoms with Gasteiger partial charge in [0.25, 0.3) is 0 Å². The highest BCUT2D eigenvalue weighted by Crippen LogP contribution is 2.29. The van der Waals surface area contributed by atoms with Gasteiger partial charge in [0.1, 0.15) is 12.2 Å². The Morgan fingerprint density at radius 3 is 1.97 bits per heavy atom. The molecule has 7 unspecified atom stereocenters. The van der Waals surface area contributed by atoms with E-state index in [2.05, 4.69) is 6.92 Å². The van der Waals surface area contributed by atoms with Gasteiger partial charge in [0.05, 0.1) is 12.2 Å². The molecule has 8 heteroatoms. The monoisotopic (exact) mass is 499 g/mol. The molecule has 0 spiro atoms. The third-order valence-electron chi connectivity index (χ3n) is 6.64. The van der Waals surface area contributed by atoms with E-state index >= 15 is 0 Å². The summed E-state index contributed by atoms with van der Waals surface area (Å²) in [7, 11) is 5.00. The molecule has 0 saturated heterocycles. The summed E-state index contributed by atoms with van der Waals surface area (Å²) in [5, 5.41) is 0. The maximum Gasteiger partial charge on any atom is 0.305 e. The Hall–Kier alpha value is -1.93. The number of rotatable bonds is 19. The van der Waals surface area contributed by atoms with Gasteiger partial charge in [0, 0.05) is 58.6 Å². The standard InChI is InChI=1S/C27H49NO7/c1-10-22(34-25(30)11-2)17-24(32-8)19(4)13-14-23(35-26(31)12-3)21(6)27(33-9)20(5)15-16-28(7)18-29/h15-16,18-24,27H,10-14,17H2,1-9H3/b16-15+. The fourth-order valence-electron chi connectivity index (χ4n) is 4.22. The van der Waals surface area contributed by atoms with E-state index in [1.165, 1.54) is 4.90 Å². The molecular weight excluding hydrogens is 450 g/mol. The topological polar surface area (TPSA) is 91.4 Å². The summed E-state index contributed by atoms with van der Waals surface area (Å²) < 4.78 is 23.0. The Morgan fingerprint density at radius 2 is 1.49 bits per heavy atom. The lowest BCUT2D eigenvalue weighted by Crippen LogP contribution is -2.38. The third kappa shape index (κ3) is 12.5. The zero-order valence-electron chi connectivity index (χ0n) is 23.3. The predicted molar refractivity (Wildman–Crippen MR) is 137 cm³/mol. The van der Waals surface area contributed by atoms with Crippen LogP contribution >= 0.6 is 0 Å². The van der Waals surface area contributed by atoms with Gasteiger partial charge in [-0.1, -0.05) is 47.6 Å². The molecule has 0 bridgehead atoms. The number of hydrogen-bond acceptors (Lipinski definition) is 7. The molecule has 0 aromatic carbocycles. The van der Waals surface area contributed by atoms with Crippen molar-refractivity contribution >= 4 is 18.3 Å². The average Bonchev–Trinajstić information content (AvgIpc) is 2.86. The van der Waals surface area contributed by atoms with Gasteiger partial charge in [-0.2, -0.15) is 0 Å². The van der Waals surface area contributed by atoms with Gasteiger partial charge in [-0.25, -0.2) is 0 Å². The molecule has 204 valence electrons. The number of ether oxygens (including phenoxy) is 4. The minimum absolute atomic E-state index is 0.00272. The van der Waals surface area contributed by atoms with Crippen molar-refractivity contribution in [1.82, 2.24) is 4.90 Å². The van der Waals surface area contributed by atoms with Crippen LogP contribution in [0.5, 0.6) is 0 Å². The molecule has 0 N–H and O–H groups in total. The lowest BCUT2D eigenvalue weighted by molar-refractivity contribution is -0.155. The summed E-state index contributed by atoms with van der Waals surface area (Å²) in [5.74, 6) is -0.340. The molecule has 0 heterocycles. The lowest BCUT2D eigenvalue weighted by Gasteiger charge is -2.34. The van der Waals surface area contributed by atoms with Gasteiger partial charge < -0.3 is 23.8 Å². The summed E-state index contributed by atoms with van der Waals surface area (Å²) >= 11 is 0. The van der Waals surface area contributed by atoms with Crippen molar-refractivity contribution < 1.29 is 33.3 Å². The summed E-state index contributed by atoms with van der Waals surface area (Å²) in [4.78, 5) is 36.3. The van der Waals surface area contributed by atoms with Crippen molar-refractivity contribution in [1.29, 1.82) is 0 Å². The molecule has 0 aliphatic carbocycles. The van der Waals surface area contributed by atoms with Gasteiger partial charge in [-0.15, -0.1) is 0 Å². The molecule has 0 aliphatic heterocycles. The molecule has 0 fully saturated rings. The van der Waals surface area contributed by atoms with Crippen molar-refractivity contribution in [2.24, 2.45) is 17.8 Å². The minimum atomic E-state index is -0.327. The van der Waals surface area contributed by atoms with Crippen LogP contribution in [-0.4, -0.2) is 68.9 Å². The summed E-state index contributed by atoms with van der Waals surface area (Å²) in [6.45, 7) is 11.7. The van der Waals surface area contributed by atoms with Crippen molar-refractivity contribution in [3.63, 3.8) is 0 Å². The number of carbonyl (C=O) groups is 3. The highest BCUT2D eigenvalue weighted by atomic mass is 16.6. The van der Waals surface area contributed by atoms with Crippen LogP contribution in [0.4, 0.5) is 0 Å². The molecule has 0 radical (unpaired) electrons. The highest BCUT2D eigenvalue weighted by molar-refractivity contribution is 5.69. The fraction of sp³-hybridized carbons (Fsp3) is 0.815. The Bertz CT molecular complexity index is 639. The number of methoxy groups -OCH3 is 2. The van der Waals surface area contributed by atoms with E-state index in [-0.39, 0.29) is 54.1 Å². The minimum Gasteiger partial charge on any atom is -0.462 e. The van der Waals surface area contributed by atoms with Crippen LogP contribution in [0.15, 0.2) is 12.3 Å². The Morgan fingerprint density at radius 1 is 0.886 bits per heavy atom. The maximum atomic E-state index is 12.2. The first kappa shape index (κ1) is 33.1. The molecule has 7 atom stereocenters. The molecule has 0 aliphatic rings. The molecule has 0 saturated carbocycles. The molecule has 0 aromatic rings. The second-order valence-corrected chi connectivity index (χ2v) is 9.35. The molecule has 35 heavy (non-hydrogen) atoms. The number of nitrogens with zero attached hydrogens (tertiary/aromatic N) is 1. The van der Waals surface area contributed by atoms with Crippen molar-refractivity contribution in [3.8, 4) is 0 Å². The third-order valence-corrected chi connectivity index (χ3v) is 6.64. The smallest absolute Gasteiger partial charge is 0.305 e. The molecule has 0 rings (SSSR count). The van der Waals surface area contributed by atoms with Crippen molar-refractivity contribution in [3.05, 3.63) is 12.3 Å². The van der Waals surface area contributed by atoms with Crippen molar-refractivity contribution in [2.75, 3.05) is 21.3 Å². The van der Waals surface area contributed by atoms with E-state index in [0.717, 1.165) is 19.3 Å². The molecule has 1 amide bonds. The zero-order chi connectivity index (χ0) is 27.0. The fourth-order valence-corrected chi connectivity index (χ4v) is 4.22. The van der Waals surface area contributed by atoms with Crippen LogP contribution in [0.25, 0.3) is 0 Å². The number of amides is 1. The van der Waals surface area contributed by atoms with Gasteiger partial charge in [-0.3, -0.25) is 14.4 Å². The van der Waals surface area contributed by atoms with Crippen LogP contribution < -0.4 is 0 Å². The van der Waals surface area contributed by atoms with Gasteiger partial charge in [0.15, 0.2) is 0 Å². The van der Waals surface area contributed by atoms with Crippen LogP contribution in [-0.2, 0) is 33.3 Å². The lowest BCUT2D eigenvalue weighted by atomic mass is 9.84. The average molecular weight is 500 g/mol. The zero-order valence-corrected chi connectivity index (χ0v) is 23.3. The summed E-state index contributed by atoms with van der Waals surface area (Å²) in [5.41, 5.74) is 0. The Kier molecular flexibility index (Phi) is 17.3. The van der Waals surface area contributed by atoms with Crippen LogP contribution in [0.2, 0.25) is 0 Å². The molecule has 0 aromatic heterocycles. The Labute approximate surface area is 212 Å². The normalized spacial score (nSPS) is 17.6. The maximum absolute atomic E-state index is 12.2. The number of hydrogen-bond donors (Lipinski definition) is 0. The summed E-state index contributed by atoms with van der Waals surface area (Å²) in [6, 6.07) is 0. The van der Waals surface area contributed by atoms with Crippen molar-refractivity contribution in [2.45, 2.75) is 104 Å². The molecule has 8 nitrogen and oxygen atoms in total. The van der Waals surface area contributed by atoms with Gasteiger partial charge >= 0.3 is 11.9 Å². The SMILES string of the molecule is CCC(=O)OC(CC)CC(OC)C(C)CCC(OC(=O)CC)C(C)C(OC)C(C)/C=C/N(C)C=O. The predicted octanol–water partition coefficient (Wildman–Crippen LogP) is 4.75. The second kappa shape index (κ2) is 18.4. The van der Waals surface area contributed by atoms with Gasteiger partial charge in [-0.05, 0) is 25.2 Å². The Balaban J connectivity index is 5.39. The van der Waals surface area contributed by atoms with E-state index in [9.17, 15) is 14.4 Å². The number of esters is 2.